The van der Waals surface area contributed by atoms with E-state index in [0.717, 1.165) is 22.0 Å². The van der Waals surface area contributed by atoms with Crippen LogP contribution in [0.3, 0.4) is 0 Å². The summed E-state index contributed by atoms with van der Waals surface area (Å²) in [5, 5.41) is 1.51. The number of halogens is 1. The number of rotatable bonds is 3. The summed E-state index contributed by atoms with van der Waals surface area (Å²) in [6.45, 7) is 2.34. The van der Waals surface area contributed by atoms with E-state index in [1.165, 1.54) is 6.33 Å². The number of benzene rings is 1. The first-order valence-corrected chi connectivity index (χ1v) is 6.55. The molecule has 2 heterocycles. The molecule has 5 heteroatoms. The van der Waals surface area contributed by atoms with Crippen LogP contribution < -0.4 is 4.74 Å². The Morgan fingerprint density at radius 2 is 2.15 bits per heavy atom. The first kappa shape index (κ1) is 12.8. The predicted octanol–water partition coefficient (Wildman–Crippen LogP) is 3.57. The fourth-order valence-electron chi connectivity index (χ4n) is 1.98. The Morgan fingerprint density at radius 1 is 1.25 bits per heavy atom. The van der Waals surface area contributed by atoms with Crippen molar-refractivity contribution < 1.29 is 4.74 Å². The summed E-state index contributed by atoms with van der Waals surface area (Å²) in [5.74, 6) is 0.514. The number of pyridine rings is 1. The van der Waals surface area contributed by atoms with Crippen molar-refractivity contribution in [3.8, 4) is 5.88 Å². The Hall–Kier alpha value is -2.20. The maximum absolute atomic E-state index is 6.22. The van der Waals surface area contributed by atoms with Gasteiger partial charge in [-0.2, -0.15) is 0 Å². The highest BCUT2D eigenvalue weighted by molar-refractivity contribution is 6.30. The molecule has 20 heavy (non-hydrogen) atoms. The highest BCUT2D eigenvalue weighted by Crippen LogP contribution is 2.23. The molecule has 3 aromatic rings. The van der Waals surface area contributed by atoms with Crippen LogP contribution in [0.15, 0.2) is 42.9 Å². The van der Waals surface area contributed by atoms with Crippen LogP contribution in [-0.4, -0.2) is 15.0 Å². The molecular formula is C15H12ClN3O. The van der Waals surface area contributed by atoms with Crippen molar-refractivity contribution in [2.45, 2.75) is 13.5 Å². The quantitative estimate of drug-likeness (QED) is 0.690. The van der Waals surface area contributed by atoms with Crippen LogP contribution in [0, 0.1) is 6.92 Å². The fraction of sp³-hybridized carbons (Fsp3) is 0.133. The van der Waals surface area contributed by atoms with Crippen LogP contribution in [0.4, 0.5) is 0 Å². The Morgan fingerprint density at radius 3 is 2.95 bits per heavy atom. The van der Waals surface area contributed by atoms with Gasteiger partial charge in [0, 0.05) is 23.2 Å². The van der Waals surface area contributed by atoms with E-state index in [1.807, 2.05) is 31.2 Å². The molecule has 0 atom stereocenters. The first-order chi connectivity index (χ1) is 9.74. The second-order valence-electron chi connectivity index (χ2n) is 4.42. The van der Waals surface area contributed by atoms with Crippen molar-refractivity contribution in [2.75, 3.05) is 0 Å². The number of fused-ring (bicyclic) bond motifs is 1. The number of aryl methyl sites for hydroxylation is 1. The molecule has 0 saturated heterocycles. The zero-order valence-electron chi connectivity index (χ0n) is 10.9. The molecule has 0 aliphatic carbocycles. The number of ether oxygens (including phenoxy) is 1. The molecule has 0 radical (unpaired) electrons. The van der Waals surface area contributed by atoms with E-state index in [-0.39, 0.29) is 0 Å². The average molecular weight is 286 g/mol. The lowest BCUT2D eigenvalue weighted by atomic mass is 10.1. The van der Waals surface area contributed by atoms with Crippen molar-refractivity contribution in [1.82, 2.24) is 15.0 Å². The molecule has 0 unspecified atom stereocenters. The molecule has 3 rings (SSSR count). The number of para-hydroxylation sites is 1. The number of hydrogen-bond donors (Lipinski definition) is 0. The predicted molar refractivity (Wildman–Crippen MR) is 77.9 cm³/mol. The molecule has 0 spiro atoms. The van der Waals surface area contributed by atoms with Crippen molar-refractivity contribution >= 4 is 22.5 Å². The summed E-state index contributed by atoms with van der Waals surface area (Å²) in [6, 6.07) is 9.73. The first-order valence-electron chi connectivity index (χ1n) is 6.17. The molecule has 0 amide bonds. The lowest BCUT2D eigenvalue weighted by Gasteiger charge is -2.08. The standard InChI is InChI=1S/C15H12ClN3O/c1-10-3-2-4-11-7-12(15(16)19-14(10)11)8-20-13-5-6-17-9-18-13/h2-7,9H,8H2,1H3. The molecule has 0 aliphatic rings. The van der Waals surface area contributed by atoms with Crippen molar-refractivity contribution in [2.24, 2.45) is 0 Å². The third-order valence-electron chi connectivity index (χ3n) is 3.00. The van der Waals surface area contributed by atoms with Gasteiger partial charge >= 0.3 is 0 Å². The average Bonchev–Trinajstić information content (AvgIpc) is 2.47. The molecule has 0 fully saturated rings. The second-order valence-corrected chi connectivity index (χ2v) is 4.78. The lowest BCUT2D eigenvalue weighted by Crippen LogP contribution is -2.00. The maximum Gasteiger partial charge on any atom is 0.216 e. The number of aromatic nitrogens is 3. The van der Waals surface area contributed by atoms with Gasteiger partial charge in [-0.15, -0.1) is 0 Å². The molecule has 100 valence electrons. The Balaban J connectivity index is 1.90. The SMILES string of the molecule is Cc1cccc2cc(COc3ccncn3)c(Cl)nc12. The Kier molecular flexibility index (Phi) is 3.48. The maximum atomic E-state index is 6.22. The van der Waals surface area contributed by atoms with Gasteiger partial charge in [0.2, 0.25) is 5.88 Å². The summed E-state index contributed by atoms with van der Waals surface area (Å²) < 4.78 is 5.58. The van der Waals surface area contributed by atoms with Crippen LogP contribution >= 0.6 is 11.6 Å². The van der Waals surface area contributed by atoms with Crippen molar-refractivity contribution in [3.05, 3.63) is 59.1 Å². The summed E-state index contributed by atoms with van der Waals surface area (Å²) in [5.41, 5.74) is 2.86. The third-order valence-corrected chi connectivity index (χ3v) is 3.33. The minimum atomic E-state index is 0.326. The zero-order chi connectivity index (χ0) is 13.9. The molecule has 0 aliphatic heterocycles. The van der Waals surface area contributed by atoms with E-state index in [9.17, 15) is 0 Å². The fourth-order valence-corrected chi connectivity index (χ4v) is 2.18. The van der Waals surface area contributed by atoms with Gasteiger partial charge in [-0.05, 0) is 18.6 Å². The molecule has 1 aromatic carbocycles. The molecule has 0 saturated carbocycles. The van der Waals surface area contributed by atoms with Gasteiger partial charge in [0.25, 0.3) is 0 Å². The van der Waals surface area contributed by atoms with Gasteiger partial charge in [-0.1, -0.05) is 29.8 Å². The van der Waals surface area contributed by atoms with E-state index in [4.69, 9.17) is 16.3 Å². The normalized spacial score (nSPS) is 10.7. The zero-order valence-corrected chi connectivity index (χ0v) is 11.6. The lowest BCUT2D eigenvalue weighted by molar-refractivity contribution is 0.293. The van der Waals surface area contributed by atoms with E-state index >= 15 is 0 Å². The third kappa shape index (κ3) is 2.56. The molecule has 0 N–H and O–H groups in total. The molecule has 2 aromatic heterocycles. The van der Waals surface area contributed by atoms with Gasteiger partial charge in [0.15, 0.2) is 0 Å². The largest absolute Gasteiger partial charge is 0.473 e. The summed E-state index contributed by atoms with van der Waals surface area (Å²) in [6.07, 6.45) is 3.07. The van der Waals surface area contributed by atoms with Gasteiger partial charge in [0.05, 0.1) is 5.52 Å². The van der Waals surface area contributed by atoms with E-state index in [0.29, 0.717) is 17.6 Å². The smallest absolute Gasteiger partial charge is 0.216 e. The van der Waals surface area contributed by atoms with E-state index < -0.39 is 0 Å². The number of hydrogen-bond acceptors (Lipinski definition) is 4. The van der Waals surface area contributed by atoms with Crippen molar-refractivity contribution in [1.29, 1.82) is 0 Å². The molecule has 4 nitrogen and oxygen atoms in total. The topological polar surface area (TPSA) is 47.9 Å². The van der Waals surface area contributed by atoms with Gasteiger partial charge in [0.1, 0.15) is 18.1 Å². The Labute approximate surface area is 121 Å². The van der Waals surface area contributed by atoms with Crippen LogP contribution in [0.1, 0.15) is 11.1 Å². The highest BCUT2D eigenvalue weighted by atomic mass is 35.5. The van der Waals surface area contributed by atoms with Gasteiger partial charge in [-0.3, -0.25) is 0 Å². The van der Waals surface area contributed by atoms with Gasteiger partial charge in [-0.25, -0.2) is 15.0 Å². The van der Waals surface area contributed by atoms with E-state index in [2.05, 4.69) is 15.0 Å². The molecule has 0 bridgehead atoms. The van der Waals surface area contributed by atoms with Crippen molar-refractivity contribution in [3.63, 3.8) is 0 Å². The summed E-state index contributed by atoms with van der Waals surface area (Å²) >= 11 is 6.22. The molecular weight excluding hydrogens is 274 g/mol. The van der Waals surface area contributed by atoms with Crippen LogP contribution in [0.25, 0.3) is 10.9 Å². The monoisotopic (exact) mass is 285 g/mol. The summed E-state index contributed by atoms with van der Waals surface area (Å²) in [4.78, 5) is 12.3. The van der Waals surface area contributed by atoms with E-state index in [1.54, 1.807) is 12.3 Å². The van der Waals surface area contributed by atoms with Crippen LogP contribution in [-0.2, 0) is 6.61 Å². The van der Waals surface area contributed by atoms with Gasteiger partial charge < -0.3 is 4.74 Å². The van der Waals surface area contributed by atoms with Crippen LogP contribution in [0.2, 0.25) is 5.15 Å². The minimum Gasteiger partial charge on any atom is -0.473 e. The summed E-state index contributed by atoms with van der Waals surface area (Å²) in [7, 11) is 0. The minimum absolute atomic E-state index is 0.326. The Bertz CT molecular complexity index is 747. The highest BCUT2D eigenvalue weighted by Gasteiger charge is 2.07. The van der Waals surface area contributed by atoms with Crippen LogP contribution in [0.5, 0.6) is 5.88 Å². The second kappa shape index (κ2) is 5.43. The number of nitrogens with zero attached hydrogens (tertiary/aromatic N) is 3.